The van der Waals surface area contributed by atoms with Crippen molar-refractivity contribution >= 4 is 33.8 Å². The summed E-state index contributed by atoms with van der Waals surface area (Å²) in [5, 5.41) is 7.27. The lowest BCUT2D eigenvalue weighted by Crippen LogP contribution is -2.37. The molecule has 6 nitrogen and oxygen atoms in total. The first kappa shape index (κ1) is 14.5. The molecule has 0 spiro atoms. The van der Waals surface area contributed by atoms with Gasteiger partial charge in [-0.15, -0.1) is 0 Å². The van der Waals surface area contributed by atoms with Crippen LogP contribution in [0.2, 0.25) is 0 Å². The Morgan fingerprint density at radius 1 is 1.45 bits per heavy atom. The predicted octanol–water partition coefficient (Wildman–Crippen LogP) is 1.22. The van der Waals surface area contributed by atoms with Gasteiger partial charge in [-0.05, 0) is 24.6 Å². The van der Waals surface area contributed by atoms with Crippen LogP contribution in [0.25, 0.3) is 0 Å². The number of benzene rings is 1. The summed E-state index contributed by atoms with van der Waals surface area (Å²) in [5.74, 6) is -0.764. The van der Waals surface area contributed by atoms with Crippen molar-refractivity contribution in [2.24, 2.45) is 0 Å². The molecular formula is C13H14BrN3O3. The van der Waals surface area contributed by atoms with Crippen molar-refractivity contribution in [3.63, 3.8) is 0 Å². The van der Waals surface area contributed by atoms with E-state index in [0.29, 0.717) is 0 Å². The molecule has 1 heterocycles. The van der Waals surface area contributed by atoms with Crippen molar-refractivity contribution in [2.45, 2.75) is 25.4 Å². The summed E-state index contributed by atoms with van der Waals surface area (Å²) in [4.78, 5) is 34.2. The van der Waals surface area contributed by atoms with Crippen LogP contribution in [0.4, 0.5) is 4.79 Å². The predicted molar refractivity (Wildman–Crippen MR) is 75.8 cm³/mol. The van der Waals surface area contributed by atoms with E-state index < -0.39 is 18.0 Å². The van der Waals surface area contributed by atoms with E-state index in [4.69, 9.17) is 0 Å². The number of imide groups is 1. The van der Waals surface area contributed by atoms with Crippen LogP contribution in [0.15, 0.2) is 28.7 Å². The maximum Gasteiger partial charge on any atom is 0.322 e. The van der Waals surface area contributed by atoms with Gasteiger partial charge in [0.1, 0.15) is 6.04 Å². The van der Waals surface area contributed by atoms with Crippen molar-refractivity contribution in [1.82, 2.24) is 16.0 Å². The molecule has 1 fully saturated rings. The molecule has 3 N–H and O–H groups in total. The van der Waals surface area contributed by atoms with E-state index in [0.717, 1.165) is 10.0 Å². The molecule has 1 aliphatic heterocycles. The van der Waals surface area contributed by atoms with E-state index in [1.807, 2.05) is 31.2 Å². The van der Waals surface area contributed by atoms with E-state index in [2.05, 4.69) is 31.9 Å². The van der Waals surface area contributed by atoms with Crippen LogP contribution in [-0.2, 0) is 9.59 Å². The topological polar surface area (TPSA) is 87.3 Å². The van der Waals surface area contributed by atoms with Crippen LogP contribution >= 0.6 is 15.9 Å². The largest absolute Gasteiger partial charge is 0.350 e. The minimum absolute atomic E-state index is 0.0735. The summed E-state index contributed by atoms with van der Waals surface area (Å²) < 4.78 is 0.929. The Balaban J connectivity index is 1.91. The highest BCUT2D eigenvalue weighted by Crippen LogP contribution is 2.18. The Morgan fingerprint density at radius 3 is 2.80 bits per heavy atom. The number of urea groups is 1. The molecule has 0 unspecified atom stereocenters. The summed E-state index contributed by atoms with van der Waals surface area (Å²) in [6.07, 6.45) is -0.0735. The first-order valence-electron chi connectivity index (χ1n) is 6.12. The molecule has 2 atom stereocenters. The molecular weight excluding hydrogens is 326 g/mol. The molecule has 2 rings (SSSR count). The van der Waals surface area contributed by atoms with Gasteiger partial charge in [0.05, 0.1) is 12.5 Å². The highest BCUT2D eigenvalue weighted by molar-refractivity contribution is 9.10. The number of carbonyl (C=O) groups excluding carboxylic acids is 3. The van der Waals surface area contributed by atoms with Gasteiger partial charge in [-0.3, -0.25) is 14.9 Å². The average molecular weight is 340 g/mol. The second-order valence-electron chi connectivity index (χ2n) is 4.56. The quantitative estimate of drug-likeness (QED) is 0.721. The molecule has 106 valence electrons. The van der Waals surface area contributed by atoms with Crippen LogP contribution in [0.5, 0.6) is 0 Å². The van der Waals surface area contributed by atoms with Gasteiger partial charge in [0.15, 0.2) is 0 Å². The maximum atomic E-state index is 11.9. The number of carbonyl (C=O) groups is 3. The number of rotatable bonds is 4. The highest BCUT2D eigenvalue weighted by atomic mass is 79.9. The molecule has 0 aromatic heterocycles. The summed E-state index contributed by atoms with van der Waals surface area (Å²) in [7, 11) is 0. The van der Waals surface area contributed by atoms with Crippen LogP contribution in [0.3, 0.4) is 0 Å². The molecule has 0 aliphatic carbocycles. The summed E-state index contributed by atoms with van der Waals surface area (Å²) in [6, 6.07) is 6.06. The second kappa shape index (κ2) is 6.04. The van der Waals surface area contributed by atoms with Gasteiger partial charge >= 0.3 is 6.03 Å². The lowest BCUT2D eigenvalue weighted by atomic mass is 10.1. The van der Waals surface area contributed by atoms with Crippen LogP contribution < -0.4 is 16.0 Å². The first-order chi connectivity index (χ1) is 9.45. The zero-order valence-corrected chi connectivity index (χ0v) is 12.4. The fourth-order valence-electron chi connectivity index (χ4n) is 1.95. The fourth-order valence-corrected chi connectivity index (χ4v) is 2.36. The Labute approximate surface area is 124 Å². The van der Waals surface area contributed by atoms with E-state index in [9.17, 15) is 14.4 Å². The lowest BCUT2D eigenvalue weighted by Gasteiger charge is -2.15. The molecule has 1 saturated heterocycles. The molecule has 7 heteroatoms. The zero-order valence-electron chi connectivity index (χ0n) is 10.8. The van der Waals surface area contributed by atoms with Crippen molar-refractivity contribution in [1.29, 1.82) is 0 Å². The Bertz CT molecular complexity index is 562. The van der Waals surface area contributed by atoms with Gasteiger partial charge in [0, 0.05) is 4.47 Å². The monoisotopic (exact) mass is 339 g/mol. The molecule has 0 bridgehead atoms. The number of hydrogen-bond acceptors (Lipinski definition) is 3. The number of halogens is 1. The summed E-state index contributed by atoms with van der Waals surface area (Å²) >= 11 is 3.37. The van der Waals surface area contributed by atoms with Crippen LogP contribution in [-0.4, -0.2) is 23.9 Å². The van der Waals surface area contributed by atoms with Crippen molar-refractivity contribution in [2.75, 3.05) is 0 Å². The molecule has 0 saturated carbocycles. The summed E-state index contributed by atoms with van der Waals surface area (Å²) in [6.45, 7) is 1.85. The van der Waals surface area contributed by atoms with E-state index in [1.54, 1.807) is 0 Å². The van der Waals surface area contributed by atoms with Crippen molar-refractivity contribution < 1.29 is 14.4 Å². The van der Waals surface area contributed by atoms with Gasteiger partial charge in [-0.25, -0.2) is 4.79 Å². The number of amides is 4. The Hall–Kier alpha value is -1.89. The third kappa shape index (κ3) is 3.57. The van der Waals surface area contributed by atoms with Gasteiger partial charge in [-0.1, -0.05) is 28.1 Å². The number of hydrogen-bond donors (Lipinski definition) is 3. The Kier molecular flexibility index (Phi) is 4.39. The molecule has 1 aliphatic rings. The van der Waals surface area contributed by atoms with Crippen LogP contribution in [0, 0.1) is 0 Å². The molecule has 20 heavy (non-hydrogen) atoms. The standard InChI is InChI=1S/C13H14BrN3O3/c1-7(8-3-2-4-9(14)5-8)15-11(18)6-10-12(19)17-13(20)16-10/h2-5,7,10H,6H2,1H3,(H,15,18)(H2,16,17,19,20)/t7-,10-/m0/s1. The number of nitrogens with one attached hydrogen (secondary N) is 3. The van der Waals surface area contributed by atoms with E-state index in [1.165, 1.54) is 0 Å². The minimum atomic E-state index is -0.794. The molecule has 1 aromatic rings. The van der Waals surface area contributed by atoms with E-state index in [-0.39, 0.29) is 18.4 Å². The lowest BCUT2D eigenvalue weighted by molar-refractivity contribution is -0.126. The highest BCUT2D eigenvalue weighted by Gasteiger charge is 2.31. The van der Waals surface area contributed by atoms with Gasteiger partial charge < -0.3 is 10.6 Å². The third-order valence-electron chi connectivity index (χ3n) is 2.97. The first-order valence-corrected chi connectivity index (χ1v) is 6.91. The van der Waals surface area contributed by atoms with Crippen LogP contribution in [0.1, 0.15) is 24.9 Å². The minimum Gasteiger partial charge on any atom is -0.350 e. The SMILES string of the molecule is C[C@H](NC(=O)C[C@@H]1NC(=O)NC1=O)c1cccc(Br)c1. The fraction of sp³-hybridized carbons (Fsp3) is 0.308. The zero-order chi connectivity index (χ0) is 14.7. The third-order valence-corrected chi connectivity index (χ3v) is 3.47. The smallest absolute Gasteiger partial charge is 0.322 e. The van der Waals surface area contributed by atoms with Gasteiger partial charge in [0.2, 0.25) is 5.91 Å². The normalized spacial score (nSPS) is 19.2. The molecule has 4 amide bonds. The average Bonchev–Trinajstić information content (AvgIpc) is 2.67. The van der Waals surface area contributed by atoms with Gasteiger partial charge in [0.25, 0.3) is 5.91 Å². The molecule has 0 radical (unpaired) electrons. The Morgan fingerprint density at radius 2 is 2.20 bits per heavy atom. The van der Waals surface area contributed by atoms with Crippen molar-refractivity contribution in [3.8, 4) is 0 Å². The maximum absolute atomic E-state index is 11.9. The van der Waals surface area contributed by atoms with E-state index >= 15 is 0 Å². The molecule has 1 aromatic carbocycles. The second-order valence-corrected chi connectivity index (χ2v) is 5.48. The summed E-state index contributed by atoms with van der Waals surface area (Å²) in [5.41, 5.74) is 0.952. The van der Waals surface area contributed by atoms with Crippen molar-refractivity contribution in [3.05, 3.63) is 34.3 Å². The van der Waals surface area contributed by atoms with Gasteiger partial charge in [-0.2, -0.15) is 0 Å².